The van der Waals surface area contributed by atoms with E-state index in [4.69, 9.17) is 51.3 Å². The number of nitrogens with one attached hydrogen (secondary N) is 1. The van der Waals surface area contributed by atoms with Crippen LogP contribution in [0.5, 0.6) is 11.5 Å². The summed E-state index contributed by atoms with van der Waals surface area (Å²) >= 11 is 12.4. The van der Waals surface area contributed by atoms with Gasteiger partial charge < -0.3 is 29.0 Å². The average molecular weight is 652 g/mol. The Bertz CT molecular complexity index is 1480. The number of aromatic hydroxyl groups is 1. The first kappa shape index (κ1) is 32.5. The number of halogens is 2. The molecule has 3 N–H and O–H groups in total. The Hall–Kier alpha value is -2.42. The predicted octanol–water partition coefficient (Wildman–Crippen LogP) is 3.52. The van der Waals surface area contributed by atoms with E-state index in [1.54, 1.807) is 0 Å². The second-order valence-corrected chi connectivity index (χ2v) is 12.3. The maximum absolute atomic E-state index is 12.7. The Kier molecular flexibility index (Phi) is 10.4. The molecule has 0 aliphatic carbocycles. The van der Waals surface area contributed by atoms with Crippen LogP contribution in [0.3, 0.4) is 0 Å². The summed E-state index contributed by atoms with van der Waals surface area (Å²) in [5, 5.41) is 14.1. The van der Waals surface area contributed by atoms with Gasteiger partial charge in [-0.1, -0.05) is 28.4 Å². The molecule has 2 aliphatic heterocycles. The maximum atomic E-state index is 12.7. The molecule has 3 heterocycles. The van der Waals surface area contributed by atoms with E-state index in [9.17, 15) is 24.2 Å². The Morgan fingerprint density at radius 2 is 1.93 bits per heavy atom. The van der Waals surface area contributed by atoms with Gasteiger partial charge in [-0.2, -0.15) is 0 Å². The molecular formula is C25H32Cl2N3O11P. The van der Waals surface area contributed by atoms with E-state index in [0.717, 1.165) is 6.21 Å². The Morgan fingerprint density at radius 3 is 2.60 bits per heavy atom. The molecule has 42 heavy (non-hydrogen) atoms. The number of methoxy groups -OCH3 is 1. The van der Waals surface area contributed by atoms with Crippen molar-refractivity contribution in [2.75, 3.05) is 20.3 Å². The van der Waals surface area contributed by atoms with Crippen LogP contribution >= 0.6 is 31.0 Å². The lowest BCUT2D eigenvalue weighted by atomic mass is 10.0. The number of aromatic nitrogens is 2. The summed E-state index contributed by atoms with van der Waals surface area (Å²) in [5.74, 6) is -0.359. The van der Waals surface area contributed by atoms with E-state index in [2.05, 4.69) is 10.1 Å². The maximum Gasteiger partial charge on any atom is 0.472 e. The zero-order valence-electron chi connectivity index (χ0n) is 23.2. The minimum atomic E-state index is -4.51. The molecule has 1 aromatic carbocycles. The van der Waals surface area contributed by atoms with Crippen molar-refractivity contribution in [1.82, 2.24) is 9.55 Å². The van der Waals surface area contributed by atoms with Gasteiger partial charge in [0.25, 0.3) is 5.56 Å². The van der Waals surface area contributed by atoms with E-state index in [1.165, 1.54) is 30.9 Å². The lowest BCUT2D eigenvalue weighted by Gasteiger charge is -2.20. The van der Waals surface area contributed by atoms with Gasteiger partial charge >= 0.3 is 13.5 Å². The third-order valence-corrected chi connectivity index (χ3v) is 8.67. The molecule has 0 saturated carbocycles. The fourth-order valence-electron chi connectivity index (χ4n) is 4.72. The van der Waals surface area contributed by atoms with Gasteiger partial charge in [0.15, 0.2) is 17.6 Å². The molecular weight excluding hydrogens is 620 g/mol. The van der Waals surface area contributed by atoms with Crippen molar-refractivity contribution < 1.29 is 42.7 Å². The molecule has 14 nitrogen and oxygen atoms in total. The van der Waals surface area contributed by atoms with Crippen molar-refractivity contribution in [3.05, 3.63) is 54.3 Å². The van der Waals surface area contributed by atoms with Crippen molar-refractivity contribution >= 4 is 37.2 Å². The number of rotatable bonds is 11. The number of ether oxygens (including phenoxy) is 3. The second kappa shape index (κ2) is 13.5. The highest BCUT2D eigenvalue weighted by Gasteiger charge is 2.41. The smallest absolute Gasteiger partial charge is 0.472 e. The van der Waals surface area contributed by atoms with Gasteiger partial charge in [0.05, 0.1) is 48.8 Å². The normalized spacial score (nSPS) is 27.4. The van der Waals surface area contributed by atoms with Gasteiger partial charge in [0.1, 0.15) is 12.3 Å². The molecule has 0 spiro atoms. The van der Waals surface area contributed by atoms with Crippen LogP contribution in [0.4, 0.5) is 0 Å². The highest BCUT2D eigenvalue weighted by molar-refractivity contribution is 7.47. The van der Waals surface area contributed by atoms with Crippen LogP contribution < -0.4 is 16.0 Å². The summed E-state index contributed by atoms with van der Waals surface area (Å²) in [7, 11) is -3.17. The third-order valence-electron chi connectivity index (χ3n) is 7.03. The van der Waals surface area contributed by atoms with Crippen molar-refractivity contribution in [3.8, 4) is 11.5 Å². The highest BCUT2D eigenvalue weighted by atomic mass is 35.5. The minimum Gasteiger partial charge on any atom is -0.503 e. The molecule has 1 aromatic heterocycles. The molecule has 232 valence electrons. The number of phenolic OH excluding ortho intramolecular Hbond substituents is 1. The number of aromatic amines is 1. The summed E-state index contributed by atoms with van der Waals surface area (Å²) in [5.41, 5.74) is -0.854. The lowest BCUT2D eigenvalue weighted by molar-refractivity contribution is -0.0619. The molecule has 17 heteroatoms. The highest BCUT2D eigenvalue weighted by Crippen LogP contribution is 2.46. The summed E-state index contributed by atoms with van der Waals surface area (Å²) in [4.78, 5) is 42.4. The van der Waals surface area contributed by atoms with Crippen LogP contribution in [0.2, 0.25) is 10.0 Å². The first-order valence-corrected chi connectivity index (χ1v) is 15.2. The molecule has 2 aromatic rings. The number of phosphoric ester groups is 1. The van der Waals surface area contributed by atoms with Crippen LogP contribution in [0.1, 0.15) is 44.0 Å². The van der Waals surface area contributed by atoms with Gasteiger partial charge in [0.2, 0.25) is 0 Å². The molecule has 0 amide bonds. The molecule has 4 rings (SSSR count). The number of hydrogen-bond donors (Lipinski definition) is 3. The number of nitrogens with zero attached hydrogens (tertiary/aromatic N) is 2. The number of hydrogen-bond acceptors (Lipinski definition) is 11. The Balaban J connectivity index is 1.49. The first-order chi connectivity index (χ1) is 19.8. The first-order valence-electron chi connectivity index (χ1n) is 13.0. The topological polar surface area (TPSA) is 180 Å². The zero-order chi connectivity index (χ0) is 30.8. The fraction of sp³-hybridized carbons (Fsp3) is 0.560. The van der Waals surface area contributed by atoms with Gasteiger partial charge in [-0.15, -0.1) is 0 Å². The van der Waals surface area contributed by atoms with Crippen LogP contribution in [0.15, 0.2) is 27.0 Å². The monoisotopic (exact) mass is 651 g/mol. The lowest BCUT2D eigenvalue weighted by Crippen LogP contribution is -2.33. The van der Waals surface area contributed by atoms with Crippen LogP contribution in [0, 0.1) is 12.8 Å². The van der Waals surface area contributed by atoms with Crippen molar-refractivity contribution in [1.29, 1.82) is 0 Å². The number of aryl methyl sites for hydroxylation is 1. The SMILES string of the molecule is COc1cc(Cl)c(/C=N/O[C@@H]2C[C@H](n3cc(C)c(=O)[nH]c3=O)O[C@@H]2COP(=O)(O)OC[C@@H]2CC(C)OC2C)c(Cl)c1O. The molecule has 7 atom stereocenters. The van der Waals surface area contributed by atoms with E-state index >= 15 is 0 Å². The number of phenols is 1. The van der Waals surface area contributed by atoms with Gasteiger partial charge in [-0.25, -0.2) is 9.36 Å². The van der Waals surface area contributed by atoms with Crippen LogP contribution in [-0.2, 0) is 27.9 Å². The van der Waals surface area contributed by atoms with E-state index in [1.807, 2.05) is 13.8 Å². The standard InChI is InChI=1S/C25H32Cl2N3O11P/c1-12-9-30(25(33)29-24(12)32)21-7-18(41-28-8-16-17(26)6-19(36-4)23(31)22(16)27)20(40-21)11-38-42(34,35)37-10-15-5-13(2)39-14(15)3/h6,8-9,13-15,18,20-21,31H,5,7,10-11H2,1-4H3,(H,34,35)(H,29,32,33)/b28-8+/t13?,14?,15-,18+,20+,21+/m0/s1. The number of oxime groups is 1. The summed E-state index contributed by atoms with van der Waals surface area (Å²) in [6, 6.07) is 1.35. The van der Waals surface area contributed by atoms with Crippen LogP contribution in [0.25, 0.3) is 0 Å². The molecule has 2 aliphatic rings. The Morgan fingerprint density at radius 1 is 1.21 bits per heavy atom. The second-order valence-electron chi connectivity index (χ2n) is 10.1. The number of H-pyrrole nitrogens is 1. The molecule has 0 bridgehead atoms. The largest absolute Gasteiger partial charge is 0.503 e. The van der Waals surface area contributed by atoms with Crippen molar-refractivity contribution in [2.45, 2.75) is 64.3 Å². The van der Waals surface area contributed by atoms with Crippen molar-refractivity contribution in [2.24, 2.45) is 11.1 Å². The fourth-order valence-corrected chi connectivity index (χ4v) is 6.04. The molecule has 3 unspecified atom stereocenters. The Labute approximate surface area is 250 Å². The summed E-state index contributed by atoms with van der Waals surface area (Å²) < 4.78 is 40.9. The van der Waals surface area contributed by atoms with Crippen molar-refractivity contribution in [3.63, 3.8) is 0 Å². The van der Waals surface area contributed by atoms with E-state index in [0.29, 0.717) is 6.42 Å². The summed E-state index contributed by atoms with van der Waals surface area (Å²) in [6.45, 7) is 4.80. The minimum absolute atomic E-state index is 0.0153. The number of phosphoric acid groups is 1. The molecule has 0 radical (unpaired) electrons. The third kappa shape index (κ3) is 7.56. The van der Waals surface area contributed by atoms with Gasteiger partial charge in [-0.05, 0) is 27.2 Å². The molecule has 2 fully saturated rings. The molecule has 2 saturated heterocycles. The van der Waals surface area contributed by atoms with E-state index < -0.39 is 44.1 Å². The van der Waals surface area contributed by atoms with Gasteiger partial charge in [0, 0.05) is 35.7 Å². The van der Waals surface area contributed by atoms with Crippen LogP contribution in [-0.4, -0.2) is 70.5 Å². The van der Waals surface area contributed by atoms with Gasteiger partial charge in [-0.3, -0.25) is 23.4 Å². The predicted molar refractivity (Wildman–Crippen MR) is 152 cm³/mol. The summed E-state index contributed by atoms with van der Waals surface area (Å²) in [6.07, 6.45) is 0.255. The number of benzene rings is 1. The average Bonchev–Trinajstić information content (AvgIpc) is 3.49. The van der Waals surface area contributed by atoms with E-state index in [-0.39, 0.29) is 63.8 Å². The zero-order valence-corrected chi connectivity index (χ0v) is 25.6. The quantitative estimate of drug-likeness (QED) is 0.184.